The molecule has 1 saturated heterocycles. The molecule has 1 N–H and O–H groups in total. The van der Waals surface area contributed by atoms with Gasteiger partial charge in [0.2, 0.25) is 10.0 Å². The Morgan fingerprint density at radius 2 is 1.44 bits per heavy atom. The predicted octanol–water partition coefficient (Wildman–Crippen LogP) is 5.01. The van der Waals surface area contributed by atoms with Crippen LogP contribution < -0.4 is 5.32 Å². The number of rotatable bonds is 6. The van der Waals surface area contributed by atoms with Gasteiger partial charge in [-0.1, -0.05) is 74.5 Å². The molecule has 178 valence electrons. The van der Waals surface area contributed by atoms with Crippen molar-refractivity contribution in [1.82, 2.24) is 9.62 Å². The molecule has 5 nitrogen and oxygen atoms in total. The number of carbonyl (C=O) groups excluding carboxylic acids is 1. The molecule has 0 bridgehead atoms. The van der Waals surface area contributed by atoms with Crippen LogP contribution in [0.15, 0.2) is 83.8 Å². The average molecular weight is 481 g/mol. The van der Waals surface area contributed by atoms with E-state index < -0.39 is 27.8 Å². The molecule has 1 heterocycles. The van der Waals surface area contributed by atoms with E-state index >= 15 is 0 Å². The quantitative estimate of drug-likeness (QED) is 0.539. The Labute approximate surface area is 200 Å². The summed E-state index contributed by atoms with van der Waals surface area (Å²) >= 11 is 0. The fourth-order valence-electron chi connectivity index (χ4n) is 4.65. The molecular formula is C27H29FN2O3S. The predicted molar refractivity (Wildman–Crippen MR) is 130 cm³/mol. The smallest absolute Gasteiger partial charge is 0.255 e. The topological polar surface area (TPSA) is 66.5 Å². The molecule has 1 aliphatic heterocycles. The van der Waals surface area contributed by atoms with Crippen LogP contribution in [0.3, 0.4) is 0 Å². The van der Waals surface area contributed by atoms with Crippen LogP contribution in [-0.2, 0) is 10.0 Å². The summed E-state index contributed by atoms with van der Waals surface area (Å²) in [6.07, 6.45) is 0.962. The van der Waals surface area contributed by atoms with Gasteiger partial charge in [-0.2, -0.15) is 4.31 Å². The highest BCUT2D eigenvalue weighted by molar-refractivity contribution is 7.89. The first-order chi connectivity index (χ1) is 16.3. The summed E-state index contributed by atoms with van der Waals surface area (Å²) < 4.78 is 42.8. The van der Waals surface area contributed by atoms with E-state index in [1.54, 1.807) is 0 Å². The lowest BCUT2D eigenvalue weighted by atomic mass is 9.94. The Morgan fingerprint density at radius 1 is 0.912 bits per heavy atom. The van der Waals surface area contributed by atoms with Gasteiger partial charge >= 0.3 is 0 Å². The Kier molecular flexibility index (Phi) is 7.14. The monoisotopic (exact) mass is 480 g/mol. The Hall–Kier alpha value is -3.03. The fraction of sp³-hybridized carbons (Fsp3) is 0.296. The fourth-order valence-corrected chi connectivity index (χ4v) is 6.36. The molecule has 0 saturated carbocycles. The summed E-state index contributed by atoms with van der Waals surface area (Å²) in [5.41, 5.74) is 1.38. The summed E-state index contributed by atoms with van der Waals surface area (Å²) in [6.45, 7) is 4.87. The van der Waals surface area contributed by atoms with Crippen molar-refractivity contribution in [3.8, 4) is 0 Å². The third-order valence-corrected chi connectivity index (χ3v) is 8.02. The van der Waals surface area contributed by atoms with Gasteiger partial charge in [-0.15, -0.1) is 0 Å². The molecule has 1 aliphatic rings. The van der Waals surface area contributed by atoms with E-state index in [1.165, 1.54) is 10.4 Å². The molecule has 1 amide bonds. The third kappa shape index (κ3) is 5.21. The minimum absolute atomic E-state index is 0.0728. The minimum atomic E-state index is -3.85. The molecule has 0 unspecified atom stereocenters. The molecule has 0 aromatic heterocycles. The van der Waals surface area contributed by atoms with Crippen LogP contribution in [0.5, 0.6) is 0 Å². The zero-order valence-corrected chi connectivity index (χ0v) is 20.1. The minimum Gasteiger partial charge on any atom is -0.341 e. The van der Waals surface area contributed by atoms with Gasteiger partial charge in [-0.3, -0.25) is 4.79 Å². The van der Waals surface area contributed by atoms with E-state index in [4.69, 9.17) is 0 Å². The zero-order chi connectivity index (χ0) is 24.3. The molecule has 7 heteroatoms. The Morgan fingerprint density at radius 3 is 1.97 bits per heavy atom. The number of hydrogen-bond donors (Lipinski definition) is 1. The summed E-state index contributed by atoms with van der Waals surface area (Å²) in [6, 6.07) is 21.7. The van der Waals surface area contributed by atoms with Crippen molar-refractivity contribution in [1.29, 1.82) is 0 Å². The largest absolute Gasteiger partial charge is 0.341 e. The SMILES string of the molecule is C[C@@H]1C[C@@H](C)CN(S(=O)(=O)c2ccc(F)c(C(=O)NC(c3ccccc3)c3ccccc3)c2)C1. The van der Waals surface area contributed by atoms with Gasteiger partial charge in [0.25, 0.3) is 5.91 Å². The Balaban J connectivity index is 1.65. The highest BCUT2D eigenvalue weighted by Crippen LogP contribution is 2.28. The Bertz CT molecular complexity index is 1200. The van der Waals surface area contributed by atoms with Gasteiger partial charge < -0.3 is 5.32 Å². The molecule has 1 fully saturated rings. The van der Waals surface area contributed by atoms with Crippen LogP contribution in [0.25, 0.3) is 0 Å². The number of nitrogens with zero attached hydrogens (tertiary/aromatic N) is 1. The highest BCUT2D eigenvalue weighted by Gasteiger charge is 2.32. The second kappa shape index (κ2) is 10.1. The molecule has 0 spiro atoms. The van der Waals surface area contributed by atoms with Crippen molar-refractivity contribution >= 4 is 15.9 Å². The normalized spacial score (nSPS) is 19.2. The first kappa shape index (κ1) is 24.1. The van der Waals surface area contributed by atoms with E-state index in [1.807, 2.05) is 74.5 Å². The summed E-state index contributed by atoms with van der Waals surface area (Å²) in [7, 11) is -3.85. The van der Waals surface area contributed by atoms with Gasteiger partial charge in [-0.25, -0.2) is 12.8 Å². The van der Waals surface area contributed by atoms with Gasteiger partial charge in [0.15, 0.2) is 0 Å². The van der Waals surface area contributed by atoms with E-state index in [2.05, 4.69) is 5.32 Å². The van der Waals surface area contributed by atoms with Gasteiger partial charge in [-0.05, 0) is 47.6 Å². The lowest BCUT2D eigenvalue weighted by Crippen LogP contribution is -2.42. The number of benzene rings is 3. The molecule has 0 aliphatic carbocycles. The van der Waals surface area contributed by atoms with E-state index in [-0.39, 0.29) is 22.3 Å². The van der Waals surface area contributed by atoms with Crippen molar-refractivity contribution in [2.24, 2.45) is 11.8 Å². The van der Waals surface area contributed by atoms with Crippen molar-refractivity contribution in [2.45, 2.75) is 31.2 Å². The maximum absolute atomic E-state index is 14.8. The van der Waals surface area contributed by atoms with Crippen molar-refractivity contribution in [2.75, 3.05) is 13.1 Å². The van der Waals surface area contributed by atoms with Crippen molar-refractivity contribution in [3.05, 3.63) is 101 Å². The van der Waals surface area contributed by atoms with E-state index in [0.717, 1.165) is 29.7 Å². The molecule has 4 rings (SSSR count). The van der Waals surface area contributed by atoms with Gasteiger partial charge in [0, 0.05) is 13.1 Å². The lowest BCUT2D eigenvalue weighted by molar-refractivity contribution is 0.0938. The van der Waals surface area contributed by atoms with Crippen LogP contribution in [-0.4, -0.2) is 31.7 Å². The zero-order valence-electron chi connectivity index (χ0n) is 19.3. The lowest BCUT2D eigenvalue weighted by Gasteiger charge is -2.34. The van der Waals surface area contributed by atoms with Crippen molar-refractivity contribution in [3.63, 3.8) is 0 Å². The molecule has 3 aromatic carbocycles. The number of halogens is 1. The second-order valence-corrected chi connectivity index (χ2v) is 11.1. The molecule has 2 atom stereocenters. The maximum Gasteiger partial charge on any atom is 0.255 e. The molecule has 34 heavy (non-hydrogen) atoms. The van der Waals surface area contributed by atoms with Crippen molar-refractivity contribution < 1.29 is 17.6 Å². The van der Waals surface area contributed by atoms with Gasteiger partial charge in [0.05, 0.1) is 16.5 Å². The van der Waals surface area contributed by atoms with E-state index in [0.29, 0.717) is 13.1 Å². The van der Waals surface area contributed by atoms with Gasteiger partial charge in [0.1, 0.15) is 5.82 Å². The van der Waals surface area contributed by atoms with Crippen LogP contribution >= 0.6 is 0 Å². The number of hydrogen-bond acceptors (Lipinski definition) is 3. The number of nitrogens with one attached hydrogen (secondary N) is 1. The molecule has 3 aromatic rings. The summed E-state index contributed by atoms with van der Waals surface area (Å²) in [5.74, 6) is -0.970. The maximum atomic E-state index is 14.8. The first-order valence-corrected chi connectivity index (χ1v) is 12.9. The molecular weight excluding hydrogens is 451 g/mol. The van der Waals surface area contributed by atoms with Crippen LogP contribution in [0, 0.1) is 17.7 Å². The first-order valence-electron chi connectivity index (χ1n) is 11.5. The number of amides is 1. The third-order valence-electron chi connectivity index (χ3n) is 6.20. The van der Waals surface area contributed by atoms with Crippen LogP contribution in [0.4, 0.5) is 4.39 Å². The summed E-state index contributed by atoms with van der Waals surface area (Å²) in [4.78, 5) is 13.1. The number of carbonyl (C=O) groups is 1. The summed E-state index contributed by atoms with van der Waals surface area (Å²) in [5, 5.41) is 2.89. The van der Waals surface area contributed by atoms with Crippen LogP contribution in [0.1, 0.15) is 47.8 Å². The highest BCUT2D eigenvalue weighted by atomic mass is 32.2. The number of piperidine rings is 1. The van der Waals surface area contributed by atoms with E-state index in [9.17, 15) is 17.6 Å². The average Bonchev–Trinajstić information content (AvgIpc) is 2.83. The standard InChI is InChI=1S/C27H29FN2O3S/c1-19-15-20(2)18-30(17-19)34(32,33)23-13-14-25(28)24(16-23)27(31)29-26(21-9-5-3-6-10-21)22-11-7-4-8-12-22/h3-14,16,19-20,26H,15,17-18H2,1-2H3,(H,29,31)/t19-,20-/m1/s1. The number of sulfonamides is 1. The molecule has 0 radical (unpaired) electrons. The van der Waals surface area contributed by atoms with Crippen LogP contribution in [0.2, 0.25) is 0 Å². The second-order valence-electron chi connectivity index (χ2n) is 9.14.